The van der Waals surface area contributed by atoms with Crippen LogP contribution >= 0.6 is 0 Å². The molecule has 1 aromatic heterocycles. The summed E-state index contributed by atoms with van der Waals surface area (Å²) in [5, 5.41) is 3.48. The van der Waals surface area contributed by atoms with E-state index in [0.29, 0.717) is 0 Å². The molecule has 1 unspecified atom stereocenters. The number of hydrogen-bond acceptors (Lipinski definition) is 3. The van der Waals surface area contributed by atoms with Crippen LogP contribution in [-0.4, -0.2) is 36.1 Å². The number of pyridine rings is 1. The molecule has 1 N–H and O–H groups in total. The molecule has 3 heteroatoms. The van der Waals surface area contributed by atoms with Crippen molar-refractivity contribution >= 4 is 5.82 Å². The fourth-order valence-electron chi connectivity index (χ4n) is 3.10. The predicted molar refractivity (Wildman–Crippen MR) is 92.2 cm³/mol. The lowest BCUT2D eigenvalue weighted by atomic mass is 10.1. The smallest absolute Gasteiger partial charge is 0.126 e. The highest BCUT2D eigenvalue weighted by molar-refractivity contribution is 5.36. The van der Waals surface area contributed by atoms with E-state index < -0.39 is 0 Å². The van der Waals surface area contributed by atoms with Gasteiger partial charge < -0.3 is 10.2 Å². The van der Waals surface area contributed by atoms with Crippen LogP contribution < -0.4 is 5.32 Å². The number of aromatic nitrogens is 1. The van der Waals surface area contributed by atoms with Crippen molar-refractivity contribution in [3.63, 3.8) is 0 Å². The van der Waals surface area contributed by atoms with Crippen molar-refractivity contribution in [1.82, 2.24) is 9.88 Å². The van der Waals surface area contributed by atoms with E-state index in [1.54, 1.807) is 0 Å². The molecular weight excluding hydrogens is 270 g/mol. The molecule has 1 aliphatic rings. The van der Waals surface area contributed by atoms with Crippen LogP contribution in [0.5, 0.6) is 0 Å². The Morgan fingerprint density at radius 1 is 1.23 bits per heavy atom. The predicted octanol–water partition coefficient (Wildman–Crippen LogP) is 3.37. The second kappa shape index (κ2) is 7.41. The number of rotatable bonds is 6. The topological polar surface area (TPSA) is 28.2 Å². The molecule has 2 heterocycles. The molecule has 0 amide bonds. The van der Waals surface area contributed by atoms with Gasteiger partial charge in [0.1, 0.15) is 5.82 Å². The molecule has 22 heavy (non-hydrogen) atoms. The normalized spacial score (nSPS) is 18.5. The van der Waals surface area contributed by atoms with Crippen LogP contribution in [0.1, 0.15) is 17.5 Å². The van der Waals surface area contributed by atoms with Gasteiger partial charge in [0.05, 0.1) is 0 Å². The van der Waals surface area contributed by atoms with Crippen LogP contribution in [0.4, 0.5) is 5.82 Å². The van der Waals surface area contributed by atoms with Crippen LogP contribution in [0.15, 0.2) is 48.7 Å². The number of likely N-dealkylation sites (tertiary alicyclic amines) is 1. The Kier molecular flexibility index (Phi) is 5.07. The minimum absolute atomic E-state index is 0.734. The molecule has 0 aliphatic carbocycles. The van der Waals surface area contributed by atoms with E-state index in [1.165, 1.54) is 37.2 Å². The van der Waals surface area contributed by atoms with Crippen molar-refractivity contribution < 1.29 is 0 Å². The maximum atomic E-state index is 4.37. The second-order valence-corrected chi connectivity index (χ2v) is 6.29. The molecule has 1 fully saturated rings. The van der Waals surface area contributed by atoms with E-state index in [2.05, 4.69) is 58.5 Å². The van der Waals surface area contributed by atoms with Crippen LogP contribution in [-0.2, 0) is 6.42 Å². The van der Waals surface area contributed by atoms with Crippen LogP contribution in [0, 0.1) is 12.8 Å². The second-order valence-electron chi connectivity index (χ2n) is 6.29. The lowest BCUT2D eigenvalue weighted by Crippen LogP contribution is -2.25. The minimum Gasteiger partial charge on any atom is -0.370 e. The summed E-state index contributed by atoms with van der Waals surface area (Å²) in [6.07, 6.45) is 4.31. The van der Waals surface area contributed by atoms with E-state index in [4.69, 9.17) is 0 Å². The Hall–Kier alpha value is -1.87. The molecule has 1 saturated heterocycles. The fraction of sp³-hybridized carbons (Fsp3) is 0.421. The van der Waals surface area contributed by atoms with Gasteiger partial charge in [-0.2, -0.15) is 0 Å². The summed E-state index contributed by atoms with van der Waals surface area (Å²) in [4.78, 5) is 6.96. The van der Waals surface area contributed by atoms with Crippen LogP contribution in [0.3, 0.4) is 0 Å². The Morgan fingerprint density at radius 2 is 2.09 bits per heavy atom. The molecule has 3 nitrogen and oxygen atoms in total. The third-order valence-electron chi connectivity index (χ3n) is 4.42. The average molecular weight is 295 g/mol. The number of aryl methyl sites for hydroxylation is 1. The Bertz CT molecular complexity index is 582. The average Bonchev–Trinajstić information content (AvgIpc) is 3.00. The molecule has 1 atom stereocenters. The first-order valence-corrected chi connectivity index (χ1v) is 8.22. The van der Waals surface area contributed by atoms with Crippen LogP contribution in [0.25, 0.3) is 0 Å². The summed E-state index contributed by atoms with van der Waals surface area (Å²) >= 11 is 0. The van der Waals surface area contributed by atoms with E-state index in [-0.39, 0.29) is 0 Å². The van der Waals surface area contributed by atoms with Gasteiger partial charge in [0, 0.05) is 25.8 Å². The number of nitrogens with zero attached hydrogens (tertiary/aromatic N) is 2. The lowest BCUT2D eigenvalue weighted by molar-refractivity contribution is 0.330. The molecule has 0 bridgehead atoms. The number of anilines is 1. The van der Waals surface area contributed by atoms with E-state index in [1.807, 2.05) is 12.3 Å². The first-order chi connectivity index (χ1) is 10.8. The Morgan fingerprint density at radius 3 is 2.91 bits per heavy atom. The maximum absolute atomic E-state index is 4.37. The van der Waals surface area contributed by atoms with Gasteiger partial charge in [-0.3, -0.25) is 0 Å². The Balaban J connectivity index is 1.40. The summed E-state index contributed by atoms with van der Waals surface area (Å²) in [5.74, 6) is 1.74. The SMILES string of the molecule is Cc1ccnc(NCC2CCN(CCc3ccccc3)C2)c1. The molecule has 116 valence electrons. The molecule has 0 spiro atoms. The van der Waals surface area contributed by atoms with Gasteiger partial charge in [-0.15, -0.1) is 0 Å². The molecule has 1 aliphatic heterocycles. The minimum atomic E-state index is 0.734. The fourth-order valence-corrected chi connectivity index (χ4v) is 3.10. The summed E-state index contributed by atoms with van der Waals surface area (Å²) in [6, 6.07) is 14.9. The largest absolute Gasteiger partial charge is 0.370 e. The van der Waals surface area contributed by atoms with Gasteiger partial charge in [0.2, 0.25) is 0 Å². The third kappa shape index (κ3) is 4.31. The van der Waals surface area contributed by atoms with Gasteiger partial charge in [0.25, 0.3) is 0 Å². The highest BCUT2D eigenvalue weighted by Gasteiger charge is 2.21. The number of benzene rings is 1. The highest BCUT2D eigenvalue weighted by atomic mass is 15.1. The standard InChI is InChI=1S/C19H25N3/c1-16-7-10-20-19(13-16)21-14-18-9-12-22(15-18)11-8-17-5-3-2-4-6-17/h2-7,10,13,18H,8-9,11-12,14-15H2,1H3,(H,20,21). The monoisotopic (exact) mass is 295 g/mol. The van der Waals surface area contributed by atoms with Crippen molar-refractivity contribution in [2.45, 2.75) is 19.8 Å². The van der Waals surface area contributed by atoms with Crippen molar-refractivity contribution in [2.24, 2.45) is 5.92 Å². The van der Waals surface area contributed by atoms with Gasteiger partial charge in [0.15, 0.2) is 0 Å². The van der Waals surface area contributed by atoms with Gasteiger partial charge >= 0.3 is 0 Å². The summed E-state index contributed by atoms with van der Waals surface area (Å²) in [7, 11) is 0. The van der Waals surface area contributed by atoms with E-state index in [9.17, 15) is 0 Å². The van der Waals surface area contributed by atoms with E-state index in [0.717, 1.165) is 24.7 Å². The third-order valence-corrected chi connectivity index (χ3v) is 4.42. The summed E-state index contributed by atoms with van der Waals surface area (Å²) in [5.41, 5.74) is 2.70. The summed E-state index contributed by atoms with van der Waals surface area (Å²) < 4.78 is 0. The molecule has 0 saturated carbocycles. The van der Waals surface area contributed by atoms with E-state index >= 15 is 0 Å². The highest BCUT2D eigenvalue weighted by Crippen LogP contribution is 2.17. The first-order valence-electron chi connectivity index (χ1n) is 8.22. The molecule has 3 rings (SSSR count). The van der Waals surface area contributed by atoms with Crippen molar-refractivity contribution in [2.75, 3.05) is 31.5 Å². The zero-order chi connectivity index (χ0) is 15.2. The Labute approximate surface area is 133 Å². The number of nitrogens with one attached hydrogen (secondary N) is 1. The molecular formula is C19H25N3. The first kappa shape index (κ1) is 15.0. The van der Waals surface area contributed by atoms with Crippen molar-refractivity contribution in [3.8, 4) is 0 Å². The molecule has 1 aromatic carbocycles. The van der Waals surface area contributed by atoms with Crippen LogP contribution in [0.2, 0.25) is 0 Å². The van der Waals surface area contributed by atoms with Crippen molar-refractivity contribution in [3.05, 3.63) is 59.8 Å². The molecule has 0 radical (unpaired) electrons. The lowest BCUT2D eigenvalue weighted by Gasteiger charge is -2.16. The van der Waals surface area contributed by atoms with Crippen molar-refractivity contribution in [1.29, 1.82) is 0 Å². The molecule has 2 aromatic rings. The number of hydrogen-bond donors (Lipinski definition) is 1. The van der Waals surface area contributed by atoms with Gasteiger partial charge in [-0.25, -0.2) is 4.98 Å². The zero-order valence-corrected chi connectivity index (χ0v) is 13.3. The summed E-state index contributed by atoms with van der Waals surface area (Å²) in [6.45, 7) is 6.72. The maximum Gasteiger partial charge on any atom is 0.126 e. The van der Waals surface area contributed by atoms with Gasteiger partial charge in [-0.1, -0.05) is 30.3 Å². The quantitative estimate of drug-likeness (QED) is 0.885. The zero-order valence-electron chi connectivity index (χ0n) is 13.3. The van der Waals surface area contributed by atoms with Gasteiger partial charge in [-0.05, 0) is 55.5 Å².